The van der Waals surface area contributed by atoms with Crippen LogP contribution in [0.25, 0.3) is 0 Å². The summed E-state index contributed by atoms with van der Waals surface area (Å²) in [4.78, 5) is 24.7. The van der Waals surface area contributed by atoms with Gasteiger partial charge >= 0.3 is 6.03 Å². The quantitative estimate of drug-likeness (QED) is 0.788. The molecular formula is C17H21N3O2S. The predicted octanol–water partition coefficient (Wildman–Crippen LogP) is 3.11. The largest absolute Gasteiger partial charge is 0.333 e. The summed E-state index contributed by atoms with van der Waals surface area (Å²) in [7, 11) is 0. The van der Waals surface area contributed by atoms with Crippen LogP contribution in [0, 0.1) is 20.8 Å². The summed E-state index contributed by atoms with van der Waals surface area (Å²) < 4.78 is 0. The Labute approximate surface area is 140 Å². The lowest BCUT2D eigenvalue weighted by atomic mass is 10.1. The van der Waals surface area contributed by atoms with Gasteiger partial charge in [-0.3, -0.25) is 4.79 Å². The average molecular weight is 331 g/mol. The molecular weight excluding hydrogens is 310 g/mol. The molecule has 0 aliphatic rings. The van der Waals surface area contributed by atoms with E-state index in [1.807, 2.05) is 50.4 Å². The van der Waals surface area contributed by atoms with Crippen molar-refractivity contribution in [2.45, 2.75) is 27.3 Å². The molecule has 0 bridgehead atoms. The van der Waals surface area contributed by atoms with Crippen molar-refractivity contribution in [1.29, 1.82) is 0 Å². The molecule has 1 heterocycles. The predicted molar refractivity (Wildman–Crippen MR) is 93.8 cm³/mol. The normalized spacial score (nSPS) is 10.2. The number of carbonyl (C=O) groups excluding carboxylic acids is 2. The minimum absolute atomic E-state index is 0.0664. The van der Waals surface area contributed by atoms with Gasteiger partial charge in [0, 0.05) is 10.6 Å². The molecule has 1 aromatic heterocycles. The van der Waals surface area contributed by atoms with Crippen molar-refractivity contribution in [1.82, 2.24) is 10.6 Å². The molecule has 3 amide bonds. The first-order chi connectivity index (χ1) is 11.0. The fraction of sp³-hybridized carbons (Fsp3) is 0.294. The van der Waals surface area contributed by atoms with Crippen LogP contribution >= 0.6 is 11.3 Å². The van der Waals surface area contributed by atoms with Crippen LogP contribution in [-0.4, -0.2) is 18.5 Å². The van der Waals surface area contributed by atoms with Crippen LogP contribution < -0.4 is 16.0 Å². The lowest BCUT2D eigenvalue weighted by molar-refractivity contribution is -0.115. The number of benzene rings is 1. The topological polar surface area (TPSA) is 70.2 Å². The van der Waals surface area contributed by atoms with E-state index in [0.29, 0.717) is 6.54 Å². The molecule has 0 aliphatic carbocycles. The third-order valence-corrected chi connectivity index (χ3v) is 4.23. The van der Waals surface area contributed by atoms with Gasteiger partial charge in [0.05, 0.1) is 13.1 Å². The summed E-state index contributed by atoms with van der Waals surface area (Å²) in [6.07, 6.45) is 0. The van der Waals surface area contributed by atoms with Crippen LogP contribution in [0.3, 0.4) is 0 Å². The Kier molecular flexibility index (Phi) is 5.76. The Bertz CT molecular complexity index is 673. The summed E-state index contributed by atoms with van der Waals surface area (Å²) in [5.74, 6) is -0.244. The number of amides is 3. The molecule has 0 spiro atoms. The highest BCUT2D eigenvalue weighted by Gasteiger charge is 2.09. The highest BCUT2D eigenvalue weighted by Crippen LogP contribution is 2.21. The lowest BCUT2D eigenvalue weighted by Crippen LogP contribution is -2.39. The van der Waals surface area contributed by atoms with Gasteiger partial charge in [-0.05, 0) is 43.3 Å². The zero-order valence-electron chi connectivity index (χ0n) is 13.5. The first-order valence-electron chi connectivity index (χ1n) is 7.37. The molecule has 0 unspecified atom stereocenters. The molecule has 0 fully saturated rings. The molecule has 1 aromatic carbocycles. The van der Waals surface area contributed by atoms with Gasteiger partial charge in [-0.25, -0.2) is 4.79 Å². The maximum atomic E-state index is 12.0. The van der Waals surface area contributed by atoms with Crippen LogP contribution in [0.2, 0.25) is 0 Å². The zero-order valence-corrected chi connectivity index (χ0v) is 14.3. The van der Waals surface area contributed by atoms with Crippen LogP contribution in [-0.2, 0) is 11.3 Å². The first kappa shape index (κ1) is 17.0. The fourth-order valence-corrected chi connectivity index (χ4v) is 3.01. The number of rotatable bonds is 5. The number of thiophene rings is 1. The van der Waals surface area contributed by atoms with Gasteiger partial charge in [0.15, 0.2) is 0 Å². The van der Waals surface area contributed by atoms with E-state index in [2.05, 4.69) is 16.0 Å². The summed E-state index contributed by atoms with van der Waals surface area (Å²) in [5.41, 5.74) is 3.99. The lowest BCUT2D eigenvalue weighted by Gasteiger charge is -2.13. The van der Waals surface area contributed by atoms with Crippen LogP contribution in [0.15, 0.2) is 29.6 Å². The Morgan fingerprint density at radius 2 is 1.78 bits per heavy atom. The van der Waals surface area contributed by atoms with Gasteiger partial charge in [0.25, 0.3) is 0 Å². The van der Waals surface area contributed by atoms with Crippen molar-refractivity contribution in [2.75, 3.05) is 11.9 Å². The highest BCUT2D eigenvalue weighted by molar-refractivity contribution is 7.09. The summed E-state index contributed by atoms with van der Waals surface area (Å²) in [5, 5.41) is 10.1. The molecule has 23 heavy (non-hydrogen) atoms. The van der Waals surface area contributed by atoms with E-state index in [-0.39, 0.29) is 18.5 Å². The van der Waals surface area contributed by atoms with Crippen LogP contribution in [0.1, 0.15) is 21.6 Å². The number of nitrogens with one attached hydrogen (secondary N) is 3. The van der Waals surface area contributed by atoms with Gasteiger partial charge in [-0.1, -0.05) is 23.8 Å². The maximum absolute atomic E-state index is 12.0. The van der Waals surface area contributed by atoms with Gasteiger partial charge in [0.1, 0.15) is 0 Å². The Hall–Kier alpha value is -2.34. The smallest absolute Gasteiger partial charge is 0.315 e. The summed E-state index contributed by atoms with van der Waals surface area (Å²) in [6, 6.07) is 7.55. The fourth-order valence-electron chi connectivity index (χ4n) is 2.36. The second-order valence-electron chi connectivity index (χ2n) is 5.44. The molecule has 122 valence electrons. The second kappa shape index (κ2) is 7.78. The highest BCUT2D eigenvalue weighted by atomic mass is 32.1. The third kappa shape index (κ3) is 5.10. The molecule has 2 rings (SSSR count). The molecule has 6 heteroatoms. The molecule has 0 aliphatic heterocycles. The van der Waals surface area contributed by atoms with E-state index in [1.54, 1.807) is 11.3 Å². The van der Waals surface area contributed by atoms with Crippen molar-refractivity contribution in [3.63, 3.8) is 0 Å². The molecule has 0 radical (unpaired) electrons. The average Bonchev–Trinajstić information content (AvgIpc) is 3.00. The van der Waals surface area contributed by atoms with Crippen molar-refractivity contribution in [3.8, 4) is 0 Å². The Morgan fingerprint density at radius 3 is 2.39 bits per heavy atom. The van der Waals surface area contributed by atoms with Crippen molar-refractivity contribution in [3.05, 3.63) is 51.2 Å². The van der Waals surface area contributed by atoms with E-state index >= 15 is 0 Å². The van der Waals surface area contributed by atoms with Gasteiger partial charge in [-0.15, -0.1) is 11.3 Å². The van der Waals surface area contributed by atoms with E-state index in [4.69, 9.17) is 0 Å². The van der Waals surface area contributed by atoms with E-state index in [0.717, 1.165) is 27.3 Å². The van der Waals surface area contributed by atoms with Crippen molar-refractivity contribution < 1.29 is 9.59 Å². The molecule has 0 saturated heterocycles. The SMILES string of the molecule is Cc1cc(C)c(NC(=O)CNC(=O)NCc2cccs2)c(C)c1. The number of hydrogen-bond acceptors (Lipinski definition) is 3. The third-order valence-electron chi connectivity index (χ3n) is 3.35. The van der Waals surface area contributed by atoms with Gasteiger partial charge in [0.2, 0.25) is 5.91 Å². The van der Waals surface area contributed by atoms with E-state index in [1.165, 1.54) is 0 Å². The number of hydrogen-bond donors (Lipinski definition) is 3. The molecule has 2 aromatic rings. The van der Waals surface area contributed by atoms with Crippen molar-refractivity contribution >= 4 is 29.0 Å². The molecule has 0 saturated carbocycles. The minimum Gasteiger partial charge on any atom is -0.333 e. The van der Waals surface area contributed by atoms with Crippen LogP contribution in [0.5, 0.6) is 0 Å². The first-order valence-corrected chi connectivity index (χ1v) is 8.25. The summed E-state index contributed by atoms with van der Waals surface area (Å²) in [6.45, 7) is 6.32. The minimum atomic E-state index is -0.356. The van der Waals surface area contributed by atoms with Crippen molar-refractivity contribution in [2.24, 2.45) is 0 Å². The number of anilines is 1. The number of urea groups is 1. The molecule has 3 N–H and O–H groups in total. The monoisotopic (exact) mass is 331 g/mol. The Morgan fingerprint density at radius 1 is 1.09 bits per heavy atom. The van der Waals surface area contributed by atoms with Gasteiger partial charge < -0.3 is 16.0 Å². The second-order valence-corrected chi connectivity index (χ2v) is 6.47. The Balaban J connectivity index is 1.80. The molecule has 5 nitrogen and oxygen atoms in total. The van der Waals surface area contributed by atoms with E-state index in [9.17, 15) is 9.59 Å². The number of carbonyl (C=O) groups is 2. The maximum Gasteiger partial charge on any atom is 0.315 e. The standard InChI is InChI=1S/C17H21N3O2S/c1-11-7-12(2)16(13(3)8-11)20-15(21)10-19-17(22)18-9-14-5-4-6-23-14/h4-8H,9-10H2,1-3H3,(H,20,21)(H2,18,19,22). The number of aryl methyl sites for hydroxylation is 3. The van der Waals surface area contributed by atoms with Gasteiger partial charge in [-0.2, -0.15) is 0 Å². The summed E-state index contributed by atoms with van der Waals surface area (Å²) >= 11 is 1.57. The molecule has 0 atom stereocenters. The van der Waals surface area contributed by atoms with Crippen LogP contribution in [0.4, 0.5) is 10.5 Å². The zero-order chi connectivity index (χ0) is 16.8. The van der Waals surface area contributed by atoms with E-state index < -0.39 is 0 Å².